The van der Waals surface area contributed by atoms with Crippen LogP contribution < -0.4 is 4.74 Å². The molecule has 0 aliphatic rings. The van der Waals surface area contributed by atoms with E-state index < -0.39 is 12.7 Å². The Morgan fingerprint density at radius 3 is 2.42 bits per heavy atom. The van der Waals surface area contributed by atoms with E-state index in [9.17, 15) is 13.2 Å². The lowest BCUT2D eigenvalue weighted by atomic mass is 10.1. The van der Waals surface area contributed by atoms with E-state index >= 15 is 0 Å². The molecule has 1 aromatic carbocycles. The minimum absolute atomic E-state index is 0.195. The van der Waals surface area contributed by atoms with Crippen LogP contribution in [-0.4, -0.2) is 30.8 Å². The van der Waals surface area contributed by atoms with Crippen molar-refractivity contribution in [1.82, 2.24) is 4.90 Å². The molecule has 0 bridgehead atoms. The summed E-state index contributed by atoms with van der Waals surface area (Å²) in [5, 5.41) is 0. The predicted octanol–water partition coefficient (Wildman–Crippen LogP) is 4.23. The summed E-state index contributed by atoms with van der Waals surface area (Å²) in [6.07, 6.45) is -4.20. The van der Waals surface area contributed by atoms with Crippen molar-refractivity contribution >= 4 is 15.9 Å². The molecule has 0 fully saturated rings. The SMILES string of the molecule is COc1ccc(Br)c(CN(CC(F)(F)F)C(C)C)c1. The Morgan fingerprint density at radius 1 is 1.32 bits per heavy atom. The molecule has 0 atom stereocenters. The fourth-order valence-electron chi connectivity index (χ4n) is 1.67. The number of hydrogen-bond donors (Lipinski definition) is 0. The molecule has 0 N–H and O–H groups in total. The Balaban J connectivity index is 2.90. The first kappa shape index (κ1) is 16.3. The van der Waals surface area contributed by atoms with Crippen molar-refractivity contribution in [2.45, 2.75) is 32.6 Å². The van der Waals surface area contributed by atoms with Crippen LogP contribution in [0.25, 0.3) is 0 Å². The molecule has 0 unspecified atom stereocenters. The standard InChI is InChI=1S/C13H17BrF3NO/c1-9(2)18(8-13(15,16)17)7-10-6-11(19-3)4-5-12(10)14/h4-6,9H,7-8H2,1-3H3. The highest BCUT2D eigenvalue weighted by Crippen LogP contribution is 2.26. The molecule has 0 aliphatic carbocycles. The van der Waals surface area contributed by atoms with E-state index in [-0.39, 0.29) is 12.6 Å². The van der Waals surface area contributed by atoms with Crippen LogP contribution in [0.4, 0.5) is 13.2 Å². The van der Waals surface area contributed by atoms with Crippen LogP contribution in [-0.2, 0) is 6.54 Å². The molecule has 0 radical (unpaired) electrons. The minimum atomic E-state index is -4.20. The summed E-state index contributed by atoms with van der Waals surface area (Å²) in [6.45, 7) is 2.79. The third kappa shape index (κ3) is 5.40. The highest BCUT2D eigenvalue weighted by atomic mass is 79.9. The van der Waals surface area contributed by atoms with Crippen molar-refractivity contribution in [3.8, 4) is 5.75 Å². The van der Waals surface area contributed by atoms with Gasteiger partial charge < -0.3 is 4.74 Å². The first-order valence-electron chi connectivity index (χ1n) is 5.86. The number of methoxy groups -OCH3 is 1. The summed E-state index contributed by atoms with van der Waals surface area (Å²) in [7, 11) is 1.53. The third-order valence-electron chi connectivity index (χ3n) is 2.74. The summed E-state index contributed by atoms with van der Waals surface area (Å²) >= 11 is 3.35. The van der Waals surface area contributed by atoms with Crippen molar-refractivity contribution < 1.29 is 17.9 Å². The summed E-state index contributed by atoms with van der Waals surface area (Å²) in [5.74, 6) is 0.633. The lowest BCUT2D eigenvalue weighted by molar-refractivity contribution is -0.150. The molecular weight excluding hydrogens is 323 g/mol. The largest absolute Gasteiger partial charge is 0.497 e. The van der Waals surface area contributed by atoms with Crippen molar-refractivity contribution in [3.63, 3.8) is 0 Å². The Morgan fingerprint density at radius 2 is 1.95 bits per heavy atom. The minimum Gasteiger partial charge on any atom is -0.497 e. The predicted molar refractivity (Wildman–Crippen MR) is 72.3 cm³/mol. The second kappa shape index (κ2) is 6.61. The number of benzene rings is 1. The first-order chi connectivity index (χ1) is 8.73. The quantitative estimate of drug-likeness (QED) is 0.795. The van der Waals surface area contributed by atoms with Gasteiger partial charge in [-0.15, -0.1) is 0 Å². The Hall–Kier alpha value is -0.750. The summed E-state index contributed by atoms with van der Waals surface area (Å²) in [5.41, 5.74) is 0.775. The molecule has 1 aromatic rings. The van der Waals surface area contributed by atoms with Gasteiger partial charge in [-0.05, 0) is 37.6 Å². The van der Waals surface area contributed by atoms with E-state index in [1.165, 1.54) is 12.0 Å². The Labute approximate surface area is 119 Å². The van der Waals surface area contributed by atoms with Crippen LogP contribution in [0.15, 0.2) is 22.7 Å². The number of alkyl halides is 3. The van der Waals surface area contributed by atoms with E-state index in [0.717, 1.165) is 10.0 Å². The van der Waals surface area contributed by atoms with Gasteiger partial charge in [-0.3, -0.25) is 4.90 Å². The van der Waals surface area contributed by atoms with Gasteiger partial charge in [0.05, 0.1) is 13.7 Å². The van der Waals surface area contributed by atoms with Crippen molar-refractivity contribution in [2.24, 2.45) is 0 Å². The van der Waals surface area contributed by atoms with Crippen molar-refractivity contribution in [1.29, 1.82) is 0 Å². The number of halogens is 4. The van der Waals surface area contributed by atoms with Crippen molar-refractivity contribution in [2.75, 3.05) is 13.7 Å². The number of nitrogens with zero attached hydrogens (tertiary/aromatic N) is 1. The normalized spacial score (nSPS) is 12.3. The number of rotatable bonds is 5. The van der Waals surface area contributed by atoms with Crippen molar-refractivity contribution in [3.05, 3.63) is 28.2 Å². The lowest BCUT2D eigenvalue weighted by Crippen LogP contribution is -2.38. The maximum atomic E-state index is 12.5. The fraction of sp³-hybridized carbons (Fsp3) is 0.538. The van der Waals surface area contributed by atoms with E-state index in [2.05, 4.69) is 15.9 Å². The Bertz CT molecular complexity index is 421. The lowest BCUT2D eigenvalue weighted by Gasteiger charge is -2.28. The highest BCUT2D eigenvalue weighted by molar-refractivity contribution is 9.10. The second-order valence-corrected chi connectivity index (χ2v) is 5.43. The first-order valence-corrected chi connectivity index (χ1v) is 6.65. The van der Waals surface area contributed by atoms with Gasteiger partial charge in [-0.1, -0.05) is 15.9 Å². The average molecular weight is 340 g/mol. The zero-order chi connectivity index (χ0) is 14.6. The van der Waals surface area contributed by atoms with Gasteiger partial charge in [0.15, 0.2) is 0 Å². The molecule has 108 valence electrons. The molecule has 1 rings (SSSR count). The van der Waals surface area contributed by atoms with Crippen LogP contribution in [0.2, 0.25) is 0 Å². The second-order valence-electron chi connectivity index (χ2n) is 4.57. The van der Waals surface area contributed by atoms with Gasteiger partial charge in [0.1, 0.15) is 5.75 Å². The fourth-order valence-corrected chi connectivity index (χ4v) is 2.04. The van der Waals surface area contributed by atoms with Gasteiger partial charge in [0.25, 0.3) is 0 Å². The van der Waals surface area contributed by atoms with E-state index in [0.29, 0.717) is 5.75 Å². The molecular formula is C13H17BrF3NO. The van der Waals surface area contributed by atoms with Crippen LogP contribution in [0.5, 0.6) is 5.75 Å². The van der Waals surface area contributed by atoms with Gasteiger partial charge in [-0.2, -0.15) is 13.2 Å². The molecule has 0 saturated carbocycles. The average Bonchev–Trinajstić information content (AvgIpc) is 2.29. The molecule has 0 heterocycles. The summed E-state index contributed by atoms with van der Waals surface area (Å²) in [4.78, 5) is 1.37. The van der Waals surface area contributed by atoms with Gasteiger partial charge in [-0.25, -0.2) is 0 Å². The van der Waals surface area contributed by atoms with E-state index in [4.69, 9.17) is 4.74 Å². The van der Waals surface area contributed by atoms with Crippen LogP contribution in [0.1, 0.15) is 19.4 Å². The molecule has 0 spiro atoms. The number of ether oxygens (including phenoxy) is 1. The molecule has 6 heteroatoms. The topological polar surface area (TPSA) is 12.5 Å². The zero-order valence-corrected chi connectivity index (χ0v) is 12.7. The van der Waals surface area contributed by atoms with Crippen LogP contribution in [0, 0.1) is 0 Å². The zero-order valence-electron chi connectivity index (χ0n) is 11.1. The summed E-state index contributed by atoms with van der Waals surface area (Å²) in [6, 6.07) is 5.09. The van der Waals surface area contributed by atoms with Gasteiger partial charge in [0, 0.05) is 17.1 Å². The van der Waals surface area contributed by atoms with E-state index in [1.807, 2.05) is 0 Å². The van der Waals surface area contributed by atoms with Crippen LogP contribution >= 0.6 is 15.9 Å². The molecule has 0 amide bonds. The van der Waals surface area contributed by atoms with E-state index in [1.54, 1.807) is 32.0 Å². The molecule has 0 aliphatic heterocycles. The monoisotopic (exact) mass is 339 g/mol. The maximum Gasteiger partial charge on any atom is 0.401 e. The maximum absolute atomic E-state index is 12.5. The van der Waals surface area contributed by atoms with Gasteiger partial charge in [0.2, 0.25) is 0 Å². The molecule has 2 nitrogen and oxygen atoms in total. The van der Waals surface area contributed by atoms with Gasteiger partial charge >= 0.3 is 6.18 Å². The molecule has 0 aromatic heterocycles. The summed E-state index contributed by atoms with van der Waals surface area (Å²) < 4.78 is 43.5. The molecule has 0 saturated heterocycles. The number of hydrogen-bond acceptors (Lipinski definition) is 2. The smallest absolute Gasteiger partial charge is 0.401 e. The third-order valence-corrected chi connectivity index (χ3v) is 3.51. The Kier molecular flexibility index (Phi) is 5.67. The van der Waals surface area contributed by atoms with Crippen LogP contribution in [0.3, 0.4) is 0 Å². The highest BCUT2D eigenvalue weighted by Gasteiger charge is 2.31. The molecule has 19 heavy (non-hydrogen) atoms.